The summed E-state index contributed by atoms with van der Waals surface area (Å²) >= 11 is 1.48. The summed E-state index contributed by atoms with van der Waals surface area (Å²) in [5.41, 5.74) is 3.08. The van der Waals surface area contributed by atoms with Crippen molar-refractivity contribution in [2.24, 2.45) is 0 Å². The predicted molar refractivity (Wildman–Crippen MR) is 133 cm³/mol. The van der Waals surface area contributed by atoms with Crippen LogP contribution in [0.25, 0.3) is 0 Å². The van der Waals surface area contributed by atoms with Crippen molar-refractivity contribution in [2.75, 3.05) is 19.9 Å². The first kappa shape index (κ1) is 24.4. The van der Waals surface area contributed by atoms with E-state index in [-0.39, 0.29) is 17.6 Å². The first-order chi connectivity index (χ1) is 16.0. The second kappa shape index (κ2) is 12.1. The minimum Gasteiger partial charge on any atom is -0.497 e. The standard InChI is InChI=1S/C27H30N2O3S/c1-20-12-14-24(15-13-20)33-19-26(30)29(18-22-10-7-11-23(16-22)32-3)25(27(31)28-2)17-21-8-5-4-6-9-21/h4-16,25H,17-19H2,1-3H3,(H,28,31)/t25-/m0/s1. The third-order valence-electron chi connectivity index (χ3n) is 5.39. The molecule has 6 heteroatoms. The Morgan fingerprint density at radius 1 is 0.970 bits per heavy atom. The number of hydrogen-bond acceptors (Lipinski definition) is 4. The van der Waals surface area contributed by atoms with E-state index in [0.29, 0.717) is 18.7 Å². The Kier molecular flexibility index (Phi) is 8.95. The molecule has 0 saturated carbocycles. The highest BCUT2D eigenvalue weighted by Crippen LogP contribution is 2.22. The average molecular weight is 463 g/mol. The van der Waals surface area contributed by atoms with Crippen LogP contribution in [0.5, 0.6) is 5.75 Å². The number of thioether (sulfide) groups is 1. The van der Waals surface area contributed by atoms with Gasteiger partial charge in [-0.3, -0.25) is 9.59 Å². The summed E-state index contributed by atoms with van der Waals surface area (Å²) in [6.07, 6.45) is 0.436. The number of aryl methyl sites for hydroxylation is 1. The van der Waals surface area contributed by atoms with Crippen molar-refractivity contribution in [2.45, 2.75) is 30.8 Å². The van der Waals surface area contributed by atoms with Gasteiger partial charge >= 0.3 is 0 Å². The molecule has 0 fully saturated rings. The van der Waals surface area contributed by atoms with Crippen molar-refractivity contribution in [3.8, 4) is 5.75 Å². The summed E-state index contributed by atoms with van der Waals surface area (Å²) in [6.45, 7) is 2.35. The highest BCUT2D eigenvalue weighted by Gasteiger charge is 2.29. The molecule has 0 aromatic heterocycles. The molecule has 0 aliphatic rings. The summed E-state index contributed by atoms with van der Waals surface area (Å²) in [5.74, 6) is 0.687. The number of likely N-dealkylation sites (N-methyl/N-ethyl adjacent to an activating group) is 1. The SMILES string of the molecule is CNC(=O)[C@H](Cc1ccccc1)N(Cc1cccc(OC)c1)C(=O)CSc1ccc(C)cc1. The number of methoxy groups -OCH3 is 1. The molecule has 3 aromatic carbocycles. The van der Waals surface area contributed by atoms with Crippen LogP contribution in [0.3, 0.4) is 0 Å². The first-order valence-electron chi connectivity index (χ1n) is 10.9. The van der Waals surface area contributed by atoms with Crippen molar-refractivity contribution in [1.82, 2.24) is 10.2 Å². The molecule has 0 saturated heterocycles. The predicted octanol–water partition coefficient (Wildman–Crippen LogP) is 4.48. The van der Waals surface area contributed by atoms with E-state index in [4.69, 9.17) is 4.74 Å². The fourth-order valence-corrected chi connectivity index (χ4v) is 4.34. The summed E-state index contributed by atoms with van der Waals surface area (Å²) in [6, 6.07) is 24.8. The minimum atomic E-state index is -0.630. The number of nitrogens with zero attached hydrogens (tertiary/aromatic N) is 1. The molecule has 172 valence electrons. The lowest BCUT2D eigenvalue weighted by Crippen LogP contribution is -2.50. The highest BCUT2D eigenvalue weighted by atomic mass is 32.2. The number of ether oxygens (including phenoxy) is 1. The fourth-order valence-electron chi connectivity index (χ4n) is 3.55. The van der Waals surface area contributed by atoms with E-state index in [2.05, 4.69) is 5.32 Å². The van der Waals surface area contributed by atoms with E-state index >= 15 is 0 Å². The summed E-state index contributed by atoms with van der Waals surface area (Å²) in [4.78, 5) is 29.1. The Labute approximate surface area is 200 Å². The molecular weight excluding hydrogens is 432 g/mol. The van der Waals surface area contributed by atoms with Gasteiger partial charge in [0.1, 0.15) is 11.8 Å². The first-order valence-corrected chi connectivity index (χ1v) is 11.9. The van der Waals surface area contributed by atoms with Crippen LogP contribution in [0, 0.1) is 6.92 Å². The van der Waals surface area contributed by atoms with Crippen LogP contribution in [0.4, 0.5) is 0 Å². The zero-order valence-corrected chi connectivity index (χ0v) is 20.1. The van der Waals surface area contributed by atoms with Gasteiger partial charge in [-0.2, -0.15) is 0 Å². The molecule has 0 aliphatic carbocycles. The topological polar surface area (TPSA) is 58.6 Å². The summed E-state index contributed by atoms with van der Waals surface area (Å²) in [7, 11) is 3.22. The summed E-state index contributed by atoms with van der Waals surface area (Å²) in [5, 5.41) is 2.74. The maximum atomic E-state index is 13.5. The lowest BCUT2D eigenvalue weighted by atomic mass is 10.0. The van der Waals surface area contributed by atoms with Crippen LogP contribution >= 0.6 is 11.8 Å². The van der Waals surface area contributed by atoms with E-state index in [1.54, 1.807) is 19.1 Å². The van der Waals surface area contributed by atoms with Crippen LogP contribution in [-0.4, -0.2) is 42.7 Å². The molecule has 33 heavy (non-hydrogen) atoms. The molecule has 3 aromatic rings. The van der Waals surface area contributed by atoms with Gasteiger partial charge in [0, 0.05) is 24.9 Å². The van der Waals surface area contributed by atoms with Gasteiger partial charge in [-0.05, 0) is 42.3 Å². The highest BCUT2D eigenvalue weighted by molar-refractivity contribution is 8.00. The molecule has 3 rings (SSSR count). The van der Waals surface area contributed by atoms with Crippen LogP contribution in [-0.2, 0) is 22.6 Å². The van der Waals surface area contributed by atoms with Gasteiger partial charge in [0.15, 0.2) is 0 Å². The number of benzene rings is 3. The molecule has 0 bridgehead atoms. The van der Waals surface area contributed by atoms with Crippen molar-refractivity contribution < 1.29 is 14.3 Å². The van der Waals surface area contributed by atoms with Crippen LogP contribution < -0.4 is 10.1 Å². The van der Waals surface area contributed by atoms with Gasteiger partial charge in [0.25, 0.3) is 0 Å². The Morgan fingerprint density at radius 3 is 2.33 bits per heavy atom. The van der Waals surface area contributed by atoms with Crippen LogP contribution in [0.2, 0.25) is 0 Å². The van der Waals surface area contributed by atoms with E-state index in [0.717, 1.165) is 16.0 Å². The van der Waals surface area contributed by atoms with E-state index < -0.39 is 6.04 Å². The van der Waals surface area contributed by atoms with Crippen molar-refractivity contribution in [1.29, 1.82) is 0 Å². The largest absolute Gasteiger partial charge is 0.497 e. The van der Waals surface area contributed by atoms with E-state index in [9.17, 15) is 9.59 Å². The van der Waals surface area contributed by atoms with Crippen molar-refractivity contribution in [3.63, 3.8) is 0 Å². The van der Waals surface area contributed by atoms with Crippen LogP contribution in [0.1, 0.15) is 16.7 Å². The Balaban J connectivity index is 1.87. The lowest BCUT2D eigenvalue weighted by Gasteiger charge is -2.31. The van der Waals surface area contributed by atoms with E-state index in [1.165, 1.54) is 17.3 Å². The Bertz CT molecular complexity index is 1050. The van der Waals surface area contributed by atoms with Gasteiger partial charge in [0.05, 0.1) is 12.9 Å². The number of carbonyl (C=O) groups excluding carboxylic acids is 2. The van der Waals surface area contributed by atoms with Gasteiger partial charge in [-0.1, -0.05) is 60.2 Å². The normalized spacial score (nSPS) is 11.5. The zero-order valence-electron chi connectivity index (χ0n) is 19.3. The maximum absolute atomic E-state index is 13.5. The second-order valence-electron chi connectivity index (χ2n) is 7.79. The lowest BCUT2D eigenvalue weighted by molar-refractivity contribution is -0.139. The molecule has 0 unspecified atom stereocenters. The Morgan fingerprint density at radius 2 is 1.67 bits per heavy atom. The summed E-state index contributed by atoms with van der Waals surface area (Å²) < 4.78 is 5.35. The molecule has 0 radical (unpaired) electrons. The van der Waals surface area contributed by atoms with Crippen molar-refractivity contribution in [3.05, 3.63) is 95.6 Å². The number of amides is 2. The third-order valence-corrected chi connectivity index (χ3v) is 6.38. The number of nitrogens with one attached hydrogen (secondary N) is 1. The molecular formula is C27H30N2O3S. The number of hydrogen-bond donors (Lipinski definition) is 1. The van der Waals surface area contributed by atoms with Gasteiger partial charge < -0.3 is 15.0 Å². The molecule has 0 spiro atoms. The fraction of sp³-hybridized carbons (Fsp3) is 0.259. The Hall–Kier alpha value is -3.25. The van der Waals surface area contributed by atoms with Gasteiger partial charge in [-0.25, -0.2) is 0 Å². The molecule has 2 amide bonds. The molecule has 1 N–H and O–H groups in total. The molecule has 1 atom stereocenters. The van der Waals surface area contributed by atoms with Crippen molar-refractivity contribution >= 4 is 23.6 Å². The maximum Gasteiger partial charge on any atom is 0.242 e. The van der Waals surface area contributed by atoms with E-state index in [1.807, 2.05) is 85.8 Å². The minimum absolute atomic E-state index is 0.0899. The zero-order chi connectivity index (χ0) is 23.6. The van der Waals surface area contributed by atoms with Crippen LogP contribution in [0.15, 0.2) is 83.8 Å². The third kappa shape index (κ3) is 7.12. The second-order valence-corrected chi connectivity index (χ2v) is 8.84. The van der Waals surface area contributed by atoms with Gasteiger partial charge in [-0.15, -0.1) is 11.8 Å². The monoisotopic (exact) mass is 462 g/mol. The number of rotatable bonds is 10. The number of carbonyl (C=O) groups is 2. The quantitative estimate of drug-likeness (QED) is 0.451. The van der Waals surface area contributed by atoms with Gasteiger partial charge in [0.2, 0.25) is 11.8 Å². The molecule has 5 nitrogen and oxygen atoms in total. The molecule has 0 heterocycles. The smallest absolute Gasteiger partial charge is 0.242 e. The molecule has 0 aliphatic heterocycles. The average Bonchev–Trinajstić information content (AvgIpc) is 2.86.